The highest BCUT2D eigenvalue weighted by Crippen LogP contribution is 2.39. The predicted octanol–water partition coefficient (Wildman–Crippen LogP) is 7.29. The summed E-state index contributed by atoms with van der Waals surface area (Å²) in [4.78, 5) is 9.73. The molecule has 0 spiro atoms. The molecule has 8 aromatic rings. The topological polar surface area (TPSA) is 35.1 Å². The van der Waals surface area contributed by atoms with Gasteiger partial charge < -0.3 is 4.57 Å². The summed E-state index contributed by atoms with van der Waals surface area (Å²) in [6.07, 6.45) is 1.84. The summed E-state index contributed by atoms with van der Waals surface area (Å²) >= 11 is 0. The lowest BCUT2D eigenvalue weighted by Gasteiger charge is -2.11. The van der Waals surface area contributed by atoms with Crippen molar-refractivity contribution in [3.8, 4) is 5.69 Å². The van der Waals surface area contributed by atoms with E-state index in [4.69, 9.17) is 4.98 Å². The van der Waals surface area contributed by atoms with Crippen LogP contribution in [0.5, 0.6) is 0 Å². The second kappa shape index (κ2) is 6.42. The van der Waals surface area contributed by atoms with Crippen molar-refractivity contribution < 1.29 is 0 Å². The lowest BCUT2D eigenvalue weighted by atomic mass is 10.0. The van der Waals surface area contributed by atoms with E-state index >= 15 is 0 Å². The zero-order valence-corrected chi connectivity index (χ0v) is 18.2. The van der Waals surface area contributed by atoms with Gasteiger partial charge in [0.2, 0.25) is 0 Å². The van der Waals surface area contributed by atoms with Gasteiger partial charge in [0.05, 0.1) is 16.6 Å². The third kappa shape index (κ3) is 2.22. The van der Waals surface area contributed by atoms with Crippen LogP contribution in [0.3, 0.4) is 0 Å². The van der Waals surface area contributed by atoms with Crippen LogP contribution in [-0.4, -0.2) is 18.9 Å². The first-order chi connectivity index (χ1) is 16.9. The normalized spacial score (nSPS) is 12.1. The molecule has 0 fully saturated rings. The van der Waals surface area contributed by atoms with Crippen molar-refractivity contribution in [2.24, 2.45) is 0 Å². The highest BCUT2D eigenvalue weighted by molar-refractivity contribution is 6.21. The molecule has 4 heterocycles. The SMILES string of the molecule is c1ccc(-n2c3ccccc3c3cc4c5ccccc5n5c6ncccc6nc5c4cc32)cc1. The molecule has 0 saturated carbocycles. The molecule has 0 saturated heterocycles. The van der Waals surface area contributed by atoms with Crippen molar-refractivity contribution >= 4 is 60.3 Å². The van der Waals surface area contributed by atoms with Gasteiger partial charge in [-0.25, -0.2) is 9.97 Å². The van der Waals surface area contributed by atoms with Crippen molar-refractivity contribution in [3.05, 3.63) is 109 Å². The standard InChI is InChI=1S/C30H18N4/c1-2-9-19(10-3-1)33-26-14-6-5-12-21(26)23-17-22-20-11-4-7-15-27(20)34-29(24(22)18-28(23)33)32-25-13-8-16-31-30(25)34/h1-18H. The minimum atomic E-state index is 0.888. The summed E-state index contributed by atoms with van der Waals surface area (Å²) in [6, 6.07) is 36.4. The summed E-state index contributed by atoms with van der Waals surface area (Å²) in [5.74, 6) is 0. The second-order valence-corrected chi connectivity index (χ2v) is 8.74. The largest absolute Gasteiger partial charge is 0.309 e. The number of pyridine rings is 2. The average molecular weight is 435 g/mol. The van der Waals surface area contributed by atoms with Crippen molar-refractivity contribution in [1.82, 2.24) is 18.9 Å². The van der Waals surface area contributed by atoms with Crippen LogP contribution in [0.1, 0.15) is 0 Å². The summed E-state index contributed by atoms with van der Waals surface area (Å²) < 4.78 is 4.56. The van der Waals surface area contributed by atoms with E-state index in [-0.39, 0.29) is 0 Å². The van der Waals surface area contributed by atoms with E-state index in [1.54, 1.807) is 0 Å². The van der Waals surface area contributed by atoms with Crippen LogP contribution in [0.2, 0.25) is 0 Å². The number of fused-ring (bicyclic) bond motifs is 11. The zero-order chi connectivity index (χ0) is 22.2. The Balaban J connectivity index is 1.67. The Labute approximate surface area is 194 Å². The summed E-state index contributed by atoms with van der Waals surface area (Å²) in [5, 5.41) is 6.04. The minimum absolute atomic E-state index is 0.888. The smallest absolute Gasteiger partial charge is 0.164 e. The molecule has 4 nitrogen and oxygen atoms in total. The maximum Gasteiger partial charge on any atom is 0.164 e. The molecule has 0 aliphatic carbocycles. The van der Waals surface area contributed by atoms with Crippen LogP contribution in [0.15, 0.2) is 109 Å². The Morgan fingerprint density at radius 2 is 1.24 bits per heavy atom. The Kier molecular flexibility index (Phi) is 3.36. The molecule has 158 valence electrons. The fraction of sp³-hybridized carbons (Fsp3) is 0. The van der Waals surface area contributed by atoms with Crippen LogP contribution in [-0.2, 0) is 0 Å². The molecule has 0 radical (unpaired) electrons. The first-order valence-electron chi connectivity index (χ1n) is 11.4. The maximum atomic E-state index is 5.05. The van der Waals surface area contributed by atoms with Crippen molar-refractivity contribution in [2.75, 3.05) is 0 Å². The molecule has 0 atom stereocenters. The minimum Gasteiger partial charge on any atom is -0.309 e. The van der Waals surface area contributed by atoms with Gasteiger partial charge in [-0.2, -0.15) is 0 Å². The average Bonchev–Trinajstić information content (AvgIpc) is 3.45. The van der Waals surface area contributed by atoms with Gasteiger partial charge in [0, 0.05) is 33.4 Å². The zero-order valence-electron chi connectivity index (χ0n) is 18.2. The highest BCUT2D eigenvalue weighted by atomic mass is 15.1. The van der Waals surface area contributed by atoms with Gasteiger partial charge >= 0.3 is 0 Å². The molecule has 4 aromatic carbocycles. The van der Waals surface area contributed by atoms with Gasteiger partial charge in [-0.3, -0.25) is 4.40 Å². The lowest BCUT2D eigenvalue weighted by Crippen LogP contribution is -1.95. The number of hydrogen-bond donors (Lipinski definition) is 0. The molecule has 8 rings (SSSR count). The van der Waals surface area contributed by atoms with Crippen LogP contribution >= 0.6 is 0 Å². The molecule has 4 heteroatoms. The van der Waals surface area contributed by atoms with E-state index < -0.39 is 0 Å². The number of hydrogen-bond acceptors (Lipinski definition) is 2. The number of para-hydroxylation sites is 3. The molecule has 0 N–H and O–H groups in total. The van der Waals surface area contributed by atoms with Crippen LogP contribution < -0.4 is 0 Å². The van der Waals surface area contributed by atoms with Crippen LogP contribution in [0.25, 0.3) is 66.0 Å². The first kappa shape index (κ1) is 17.8. The summed E-state index contributed by atoms with van der Waals surface area (Å²) in [6.45, 7) is 0. The second-order valence-electron chi connectivity index (χ2n) is 8.74. The Bertz CT molecular complexity index is 2060. The van der Waals surface area contributed by atoms with E-state index in [1.807, 2.05) is 18.3 Å². The molecule has 0 aliphatic rings. The molecule has 34 heavy (non-hydrogen) atoms. The number of imidazole rings is 1. The molecule has 0 unspecified atom stereocenters. The van der Waals surface area contributed by atoms with Gasteiger partial charge in [0.1, 0.15) is 11.2 Å². The van der Waals surface area contributed by atoms with Gasteiger partial charge in [0.25, 0.3) is 0 Å². The Morgan fingerprint density at radius 1 is 0.500 bits per heavy atom. The van der Waals surface area contributed by atoms with Crippen molar-refractivity contribution in [1.29, 1.82) is 0 Å². The lowest BCUT2D eigenvalue weighted by molar-refractivity contribution is 1.18. The quantitative estimate of drug-likeness (QED) is 0.254. The third-order valence-electron chi connectivity index (χ3n) is 6.92. The maximum absolute atomic E-state index is 5.05. The molecule has 0 bridgehead atoms. The Hall–Kier alpha value is -4.70. The van der Waals surface area contributed by atoms with Gasteiger partial charge in [0.15, 0.2) is 5.65 Å². The summed E-state index contributed by atoms with van der Waals surface area (Å²) in [5.41, 5.74) is 7.39. The fourth-order valence-electron chi connectivity index (χ4n) is 5.50. The molecule has 0 amide bonds. The van der Waals surface area contributed by atoms with E-state index in [1.165, 1.54) is 32.6 Å². The van der Waals surface area contributed by atoms with Gasteiger partial charge in [-0.1, -0.05) is 54.6 Å². The fourth-order valence-corrected chi connectivity index (χ4v) is 5.50. The third-order valence-corrected chi connectivity index (χ3v) is 6.92. The molecular weight excluding hydrogens is 416 g/mol. The van der Waals surface area contributed by atoms with E-state index in [2.05, 4.69) is 105 Å². The predicted molar refractivity (Wildman–Crippen MR) is 140 cm³/mol. The van der Waals surface area contributed by atoms with E-state index in [0.29, 0.717) is 0 Å². The van der Waals surface area contributed by atoms with Crippen molar-refractivity contribution in [2.45, 2.75) is 0 Å². The summed E-state index contributed by atoms with van der Waals surface area (Å²) in [7, 11) is 0. The van der Waals surface area contributed by atoms with Crippen LogP contribution in [0, 0.1) is 0 Å². The number of benzene rings is 4. The van der Waals surface area contributed by atoms with Gasteiger partial charge in [-0.15, -0.1) is 0 Å². The van der Waals surface area contributed by atoms with E-state index in [9.17, 15) is 0 Å². The van der Waals surface area contributed by atoms with Gasteiger partial charge in [-0.05, 0) is 53.9 Å². The highest BCUT2D eigenvalue weighted by Gasteiger charge is 2.18. The van der Waals surface area contributed by atoms with Crippen molar-refractivity contribution in [3.63, 3.8) is 0 Å². The van der Waals surface area contributed by atoms with E-state index in [0.717, 1.165) is 33.4 Å². The Morgan fingerprint density at radius 3 is 2.09 bits per heavy atom. The molecular formula is C30H18N4. The molecule has 4 aromatic heterocycles. The number of aromatic nitrogens is 4. The van der Waals surface area contributed by atoms with Crippen LogP contribution in [0.4, 0.5) is 0 Å². The monoisotopic (exact) mass is 434 g/mol. The molecule has 0 aliphatic heterocycles. The first-order valence-corrected chi connectivity index (χ1v) is 11.4. The number of nitrogens with zero attached hydrogens (tertiary/aromatic N) is 4. The number of rotatable bonds is 1.